The highest BCUT2D eigenvalue weighted by Gasteiger charge is 2.09. The van der Waals surface area contributed by atoms with Crippen molar-refractivity contribution in [2.45, 2.75) is 46.1 Å². The topological polar surface area (TPSA) is 58.2 Å². The summed E-state index contributed by atoms with van der Waals surface area (Å²) in [6, 6.07) is 8.37. The van der Waals surface area contributed by atoms with Gasteiger partial charge >= 0.3 is 0 Å². The van der Waals surface area contributed by atoms with Crippen molar-refractivity contribution in [1.82, 2.24) is 9.44 Å². The van der Waals surface area contributed by atoms with Crippen LogP contribution in [0.1, 0.15) is 37.8 Å². The van der Waals surface area contributed by atoms with Crippen LogP contribution in [-0.4, -0.2) is 21.0 Å². The first kappa shape index (κ1) is 16.1. The average Bonchev–Trinajstić information content (AvgIpc) is 2.29. The van der Waals surface area contributed by atoms with E-state index >= 15 is 0 Å². The van der Waals surface area contributed by atoms with E-state index in [0.717, 1.165) is 19.3 Å². The molecule has 0 radical (unpaired) electrons. The second-order valence-electron chi connectivity index (χ2n) is 5.11. The molecular formula is C14H24N2O2S. The van der Waals surface area contributed by atoms with Crippen LogP contribution in [0, 0.1) is 6.92 Å². The van der Waals surface area contributed by atoms with Gasteiger partial charge in [0.2, 0.25) is 0 Å². The fourth-order valence-electron chi connectivity index (χ4n) is 1.77. The van der Waals surface area contributed by atoms with Crippen LogP contribution in [0.25, 0.3) is 0 Å². The summed E-state index contributed by atoms with van der Waals surface area (Å²) >= 11 is 0. The Labute approximate surface area is 116 Å². The molecule has 2 N–H and O–H groups in total. The average molecular weight is 284 g/mol. The van der Waals surface area contributed by atoms with Crippen LogP contribution in [0.3, 0.4) is 0 Å². The molecule has 5 heteroatoms. The van der Waals surface area contributed by atoms with Crippen molar-refractivity contribution in [3.63, 3.8) is 0 Å². The van der Waals surface area contributed by atoms with E-state index in [1.54, 1.807) is 13.8 Å². The molecule has 0 saturated carbocycles. The summed E-state index contributed by atoms with van der Waals surface area (Å²) in [7, 11) is -3.33. The van der Waals surface area contributed by atoms with Gasteiger partial charge in [-0.2, -0.15) is 13.1 Å². The summed E-state index contributed by atoms with van der Waals surface area (Å²) in [6.45, 7) is 6.15. The lowest BCUT2D eigenvalue weighted by molar-refractivity contribution is 0.551. The Kier molecular flexibility index (Phi) is 6.48. The van der Waals surface area contributed by atoms with Crippen LogP contribution in [0.5, 0.6) is 0 Å². The smallest absolute Gasteiger partial charge is 0.202 e. The number of hydrogen-bond donors (Lipinski definition) is 2. The number of aryl methyl sites for hydroxylation is 2. The van der Waals surface area contributed by atoms with E-state index in [1.807, 2.05) is 0 Å². The molecule has 1 rings (SSSR count). The SMILES string of the molecule is Cc1ccc(CCCCNS(=O)(=O)NC(C)C)cc1. The first-order chi connectivity index (χ1) is 8.89. The Morgan fingerprint density at radius 1 is 1.11 bits per heavy atom. The third-order valence-corrected chi connectivity index (χ3v) is 4.06. The Bertz CT molecular complexity index is 467. The molecule has 19 heavy (non-hydrogen) atoms. The van der Waals surface area contributed by atoms with Gasteiger partial charge in [-0.25, -0.2) is 4.72 Å². The molecule has 0 aliphatic rings. The van der Waals surface area contributed by atoms with Gasteiger partial charge in [0.25, 0.3) is 10.2 Å². The molecule has 0 saturated heterocycles. The molecule has 0 unspecified atom stereocenters. The minimum absolute atomic E-state index is 0.0786. The number of rotatable bonds is 8. The van der Waals surface area contributed by atoms with E-state index < -0.39 is 10.2 Å². The van der Waals surface area contributed by atoms with Gasteiger partial charge in [0, 0.05) is 12.6 Å². The van der Waals surface area contributed by atoms with E-state index in [2.05, 4.69) is 40.6 Å². The maximum absolute atomic E-state index is 11.5. The van der Waals surface area contributed by atoms with Crippen molar-refractivity contribution < 1.29 is 8.42 Å². The maximum atomic E-state index is 11.5. The first-order valence-corrected chi connectivity index (χ1v) is 8.20. The predicted molar refractivity (Wildman–Crippen MR) is 79.3 cm³/mol. The molecule has 1 aromatic rings. The van der Waals surface area contributed by atoms with Gasteiger partial charge in [-0.15, -0.1) is 0 Å². The Morgan fingerprint density at radius 2 is 1.74 bits per heavy atom. The van der Waals surface area contributed by atoms with Crippen LogP contribution >= 0.6 is 0 Å². The second-order valence-corrected chi connectivity index (χ2v) is 6.64. The lowest BCUT2D eigenvalue weighted by Gasteiger charge is -2.10. The molecule has 108 valence electrons. The van der Waals surface area contributed by atoms with Crippen LogP contribution in [0.4, 0.5) is 0 Å². The number of hydrogen-bond acceptors (Lipinski definition) is 2. The van der Waals surface area contributed by atoms with Crippen LogP contribution in [-0.2, 0) is 16.6 Å². The Hall–Kier alpha value is -0.910. The highest BCUT2D eigenvalue weighted by molar-refractivity contribution is 7.87. The van der Waals surface area contributed by atoms with Crippen molar-refractivity contribution in [3.8, 4) is 0 Å². The summed E-state index contributed by atoms with van der Waals surface area (Å²) in [6.07, 6.45) is 2.81. The lowest BCUT2D eigenvalue weighted by atomic mass is 10.1. The molecule has 0 bridgehead atoms. The summed E-state index contributed by atoms with van der Waals surface area (Å²) < 4.78 is 28.0. The van der Waals surface area contributed by atoms with Gasteiger partial charge in [-0.3, -0.25) is 0 Å². The van der Waals surface area contributed by atoms with Crippen LogP contribution in [0.2, 0.25) is 0 Å². The number of nitrogens with one attached hydrogen (secondary N) is 2. The molecule has 0 heterocycles. The lowest BCUT2D eigenvalue weighted by Crippen LogP contribution is -2.40. The normalized spacial score (nSPS) is 12.0. The monoisotopic (exact) mass is 284 g/mol. The molecule has 1 aromatic carbocycles. The summed E-state index contributed by atoms with van der Waals surface area (Å²) in [4.78, 5) is 0. The molecule has 4 nitrogen and oxygen atoms in total. The Balaban J connectivity index is 2.19. The summed E-state index contributed by atoms with van der Waals surface area (Å²) in [5.41, 5.74) is 2.56. The van der Waals surface area contributed by atoms with Crippen molar-refractivity contribution in [1.29, 1.82) is 0 Å². The quantitative estimate of drug-likeness (QED) is 0.719. The van der Waals surface area contributed by atoms with E-state index in [-0.39, 0.29) is 6.04 Å². The van der Waals surface area contributed by atoms with Crippen molar-refractivity contribution in [3.05, 3.63) is 35.4 Å². The number of benzene rings is 1. The molecular weight excluding hydrogens is 260 g/mol. The van der Waals surface area contributed by atoms with Gasteiger partial charge in [0.15, 0.2) is 0 Å². The number of unbranched alkanes of at least 4 members (excludes halogenated alkanes) is 1. The van der Waals surface area contributed by atoms with Gasteiger partial charge in [0.05, 0.1) is 0 Å². The van der Waals surface area contributed by atoms with Gasteiger partial charge < -0.3 is 0 Å². The standard InChI is InChI=1S/C14H24N2O2S/c1-12(2)16-19(17,18)15-11-5-4-6-14-9-7-13(3)8-10-14/h7-10,12,15-16H,4-6,11H2,1-3H3. The third-order valence-electron chi connectivity index (χ3n) is 2.70. The van der Waals surface area contributed by atoms with E-state index in [0.29, 0.717) is 6.54 Å². The van der Waals surface area contributed by atoms with E-state index in [9.17, 15) is 8.42 Å². The molecule has 0 aliphatic heterocycles. The molecule has 0 spiro atoms. The van der Waals surface area contributed by atoms with Gasteiger partial charge in [-0.05, 0) is 45.6 Å². The predicted octanol–water partition coefficient (Wildman–Crippen LogP) is 2.15. The Morgan fingerprint density at radius 3 is 2.32 bits per heavy atom. The zero-order chi connectivity index (χ0) is 14.3. The zero-order valence-corrected chi connectivity index (χ0v) is 12.8. The van der Waals surface area contributed by atoms with E-state index in [4.69, 9.17) is 0 Å². The fourth-order valence-corrected chi connectivity index (χ4v) is 2.88. The van der Waals surface area contributed by atoms with E-state index in [1.165, 1.54) is 11.1 Å². The van der Waals surface area contributed by atoms with Crippen molar-refractivity contribution in [2.75, 3.05) is 6.54 Å². The van der Waals surface area contributed by atoms with Crippen molar-refractivity contribution >= 4 is 10.2 Å². The minimum atomic E-state index is -3.33. The van der Waals surface area contributed by atoms with Crippen LogP contribution < -0.4 is 9.44 Å². The fraction of sp³-hybridized carbons (Fsp3) is 0.571. The maximum Gasteiger partial charge on any atom is 0.277 e. The second kappa shape index (κ2) is 7.62. The van der Waals surface area contributed by atoms with Crippen LogP contribution in [0.15, 0.2) is 24.3 Å². The third kappa shape index (κ3) is 7.30. The minimum Gasteiger partial charge on any atom is -0.202 e. The first-order valence-electron chi connectivity index (χ1n) is 6.71. The van der Waals surface area contributed by atoms with Gasteiger partial charge in [-0.1, -0.05) is 29.8 Å². The molecule has 0 atom stereocenters. The highest BCUT2D eigenvalue weighted by atomic mass is 32.2. The molecule has 0 aromatic heterocycles. The summed E-state index contributed by atoms with van der Waals surface area (Å²) in [5, 5.41) is 0. The van der Waals surface area contributed by atoms with Crippen molar-refractivity contribution in [2.24, 2.45) is 0 Å². The molecule has 0 amide bonds. The largest absolute Gasteiger partial charge is 0.277 e. The summed E-state index contributed by atoms with van der Waals surface area (Å²) in [5.74, 6) is 0. The zero-order valence-electron chi connectivity index (χ0n) is 11.9. The van der Waals surface area contributed by atoms with Gasteiger partial charge in [0.1, 0.15) is 0 Å². The molecule has 0 aliphatic carbocycles. The highest BCUT2D eigenvalue weighted by Crippen LogP contribution is 2.06. The molecule has 0 fully saturated rings.